The summed E-state index contributed by atoms with van der Waals surface area (Å²) in [5, 5.41) is 0. The minimum atomic E-state index is -0.209. The zero-order chi connectivity index (χ0) is 9.97. The second-order valence-electron chi connectivity index (χ2n) is 3.84. The fourth-order valence-electron chi connectivity index (χ4n) is 2.04. The molecule has 0 bridgehead atoms. The first-order valence-electron chi connectivity index (χ1n) is 4.94. The van der Waals surface area contributed by atoms with Crippen molar-refractivity contribution in [1.29, 1.82) is 0 Å². The van der Waals surface area contributed by atoms with E-state index in [4.69, 9.17) is 5.73 Å². The Hall–Kier alpha value is -0.870. The number of nitrogens with one attached hydrogen (secondary N) is 1. The molecule has 1 aliphatic heterocycles. The van der Waals surface area contributed by atoms with Crippen molar-refractivity contribution in [2.45, 2.75) is 13.0 Å². The number of carbonyl (C=O) groups is 1. The summed E-state index contributed by atoms with van der Waals surface area (Å²) in [4.78, 5) is 12.1. The van der Waals surface area contributed by atoms with Gasteiger partial charge in [0, 0.05) is 12.0 Å². The Labute approximate surface area is 100 Å². The molecular weight excluding hydrogens is 256 g/mol. The van der Waals surface area contributed by atoms with Crippen molar-refractivity contribution in [3.63, 3.8) is 0 Å². The highest BCUT2D eigenvalue weighted by atomic mass is 79.9. The summed E-state index contributed by atoms with van der Waals surface area (Å²) in [5.41, 5.74) is 7.96. The van der Waals surface area contributed by atoms with Gasteiger partial charge in [-0.15, -0.1) is 0 Å². The van der Waals surface area contributed by atoms with Crippen LogP contribution in [0.5, 0.6) is 0 Å². The molecule has 1 aromatic carbocycles. The molecule has 0 spiro atoms. The van der Waals surface area contributed by atoms with E-state index in [9.17, 15) is 4.79 Å². The van der Waals surface area contributed by atoms with E-state index in [2.05, 4.69) is 18.2 Å². The fourth-order valence-corrected chi connectivity index (χ4v) is 2.04. The van der Waals surface area contributed by atoms with Crippen LogP contribution in [0.2, 0.25) is 0 Å². The van der Waals surface area contributed by atoms with E-state index in [1.165, 1.54) is 16.0 Å². The van der Waals surface area contributed by atoms with Gasteiger partial charge in [-0.2, -0.15) is 0 Å². The predicted octanol–water partition coefficient (Wildman–Crippen LogP) is -3.88. The van der Waals surface area contributed by atoms with Gasteiger partial charge in [0.15, 0.2) is 6.54 Å². The summed E-state index contributed by atoms with van der Waals surface area (Å²) in [6, 6.07) is 8.41. The highest BCUT2D eigenvalue weighted by Crippen LogP contribution is 2.09. The van der Waals surface area contributed by atoms with E-state index in [-0.39, 0.29) is 22.9 Å². The number of carbonyl (C=O) groups excluding carboxylic acids is 1. The molecule has 0 fully saturated rings. The molecule has 0 aliphatic carbocycles. The Morgan fingerprint density at radius 2 is 2.00 bits per heavy atom. The Morgan fingerprint density at radius 3 is 2.67 bits per heavy atom. The lowest BCUT2D eigenvalue weighted by molar-refractivity contribution is -0.907. The highest BCUT2D eigenvalue weighted by molar-refractivity contribution is 5.74. The normalized spacial score (nSPS) is 18.8. The second kappa shape index (κ2) is 5.28. The highest BCUT2D eigenvalue weighted by Gasteiger charge is 2.19. The van der Waals surface area contributed by atoms with Crippen molar-refractivity contribution in [2.24, 2.45) is 5.73 Å². The number of halogens is 1. The molecule has 15 heavy (non-hydrogen) atoms. The third kappa shape index (κ3) is 3.04. The Balaban J connectivity index is 0.00000112. The van der Waals surface area contributed by atoms with Gasteiger partial charge < -0.3 is 27.6 Å². The summed E-state index contributed by atoms with van der Waals surface area (Å²) in [6.07, 6.45) is 1.05. The number of primary amides is 1. The van der Waals surface area contributed by atoms with Gasteiger partial charge in [-0.05, 0) is 5.56 Å². The minimum absolute atomic E-state index is 0. The molecular formula is C11H15BrN2O. The van der Waals surface area contributed by atoms with Crippen LogP contribution in [0.1, 0.15) is 11.1 Å². The van der Waals surface area contributed by atoms with Crippen LogP contribution >= 0.6 is 0 Å². The first kappa shape index (κ1) is 12.2. The third-order valence-corrected chi connectivity index (χ3v) is 2.73. The molecule has 0 saturated carbocycles. The molecule has 4 heteroatoms. The number of quaternary nitrogens is 1. The summed E-state index contributed by atoms with van der Waals surface area (Å²) >= 11 is 0. The summed E-state index contributed by atoms with van der Waals surface area (Å²) in [6.45, 7) is 2.40. The monoisotopic (exact) mass is 270 g/mol. The molecule has 1 atom stereocenters. The third-order valence-electron chi connectivity index (χ3n) is 2.73. The lowest BCUT2D eigenvalue weighted by Crippen LogP contribution is -3.12. The van der Waals surface area contributed by atoms with Gasteiger partial charge in [-0.3, -0.25) is 4.79 Å². The average molecular weight is 271 g/mol. The van der Waals surface area contributed by atoms with E-state index >= 15 is 0 Å². The maximum atomic E-state index is 10.8. The van der Waals surface area contributed by atoms with Gasteiger partial charge in [-0.1, -0.05) is 24.3 Å². The summed E-state index contributed by atoms with van der Waals surface area (Å²) < 4.78 is 0. The molecule has 1 unspecified atom stereocenters. The van der Waals surface area contributed by atoms with Gasteiger partial charge in [0.1, 0.15) is 6.54 Å². The van der Waals surface area contributed by atoms with Crippen molar-refractivity contribution >= 4 is 5.91 Å². The zero-order valence-electron chi connectivity index (χ0n) is 8.50. The standard InChI is InChI=1S/C11H14N2O.BrH/c12-11(14)8-13-6-5-9-3-1-2-4-10(9)7-13;/h1-4H,5-8H2,(H2,12,14);1H. The molecule has 0 radical (unpaired) electrons. The van der Waals surface area contributed by atoms with Crippen LogP contribution in [0.3, 0.4) is 0 Å². The van der Waals surface area contributed by atoms with Gasteiger partial charge in [0.2, 0.25) is 0 Å². The van der Waals surface area contributed by atoms with E-state index in [0.29, 0.717) is 6.54 Å². The van der Waals surface area contributed by atoms with Crippen molar-refractivity contribution in [2.75, 3.05) is 13.1 Å². The van der Waals surface area contributed by atoms with E-state index < -0.39 is 0 Å². The molecule has 1 heterocycles. The van der Waals surface area contributed by atoms with E-state index in [1.54, 1.807) is 0 Å². The van der Waals surface area contributed by atoms with Crippen molar-refractivity contribution in [3.8, 4) is 0 Å². The summed E-state index contributed by atoms with van der Waals surface area (Å²) in [5.74, 6) is -0.209. The number of benzene rings is 1. The molecule has 1 amide bonds. The lowest BCUT2D eigenvalue weighted by atomic mass is 10.00. The molecule has 0 aromatic heterocycles. The largest absolute Gasteiger partial charge is 1.00 e. The Morgan fingerprint density at radius 1 is 1.33 bits per heavy atom. The second-order valence-corrected chi connectivity index (χ2v) is 3.84. The molecule has 2 rings (SSSR count). The number of hydrogen-bond acceptors (Lipinski definition) is 1. The van der Waals surface area contributed by atoms with Crippen molar-refractivity contribution < 1.29 is 26.7 Å². The molecule has 1 aromatic rings. The van der Waals surface area contributed by atoms with Crippen molar-refractivity contribution in [3.05, 3.63) is 35.4 Å². The van der Waals surface area contributed by atoms with Crippen LogP contribution in [-0.2, 0) is 17.8 Å². The number of nitrogens with two attached hydrogens (primary N) is 1. The fraction of sp³-hybridized carbons (Fsp3) is 0.364. The Bertz CT molecular complexity index is 354. The van der Waals surface area contributed by atoms with E-state index in [0.717, 1.165) is 19.5 Å². The number of hydrogen-bond donors (Lipinski definition) is 2. The maximum absolute atomic E-state index is 10.8. The number of amides is 1. The van der Waals surface area contributed by atoms with E-state index in [1.807, 2.05) is 6.07 Å². The smallest absolute Gasteiger partial charge is 0.272 e. The van der Waals surface area contributed by atoms with Crippen LogP contribution in [0.25, 0.3) is 0 Å². The first-order chi connectivity index (χ1) is 6.75. The summed E-state index contributed by atoms with van der Waals surface area (Å²) in [7, 11) is 0. The van der Waals surface area contributed by atoms with Crippen LogP contribution in [0.4, 0.5) is 0 Å². The molecule has 82 valence electrons. The van der Waals surface area contributed by atoms with Gasteiger partial charge >= 0.3 is 0 Å². The molecule has 1 aliphatic rings. The zero-order valence-corrected chi connectivity index (χ0v) is 10.1. The van der Waals surface area contributed by atoms with Crippen LogP contribution in [-0.4, -0.2) is 19.0 Å². The van der Waals surface area contributed by atoms with Gasteiger partial charge in [-0.25, -0.2) is 0 Å². The number of fused-ring (bicyclic) bond motifs is 1. The predicted molar refractivity (Wildman–Crippen MR) is 53.7 cm³/mol. The van der Waals surface area contributed by atoms with Gasteiger partial charge in [0.05, 0.1) is 6.54 Å². The quantitative estimate of drug-likeness (QED) is 0.568. The maximum Gasteiger partial charge on any atom is 0.272 e. The number of rotatable bonds is 2. The molecule has 0 saturated heterocycles. The minimum Gasteiger partial charge on any atom is -1.00 e. The van der Waals surface area contributed by atoms with Crippen LogP contribution in [0, 0.1) is 0 Å². The average Bonchev–Trinajstić information content (AvgIpc) is 2.17. The molecule has 3 nitrogen and oxygen atoms in total. The topological polar surface area (TPSA) is 47.5 Å². The molecule has 3 N–H and O–H groups in total. The van der Waals surface area contributed by atoms with Gasteiger partial charge in [0.25, 0.3) is 5.91 Å². The lowest BCUT2D eigenvalue weighted by Gasteiger charge is -2.24. The van der Waals surface area contributed by atoms with Crippen molar-refractivity contribution in [1.82, 2.24) is 0 Å². The SMILES string of the molecule is NC(=O)C[NH+]1CCc2ccccc2C1.[Br-]. The Kier molecular flexibility index (Phi) is 4.29. The van der Waals surface area contributed by atoms with Crippen LogP contribution in [0.15, 0.2) is 24.3 Å². The van der Waals surface area contributed by atoms with Crippen LogP contribution < -0.4 is 27.6 Å². The first-order valence-corrected chi connectivity index (χ1v) is 4.94.